The Morgan fingerprint density at radius 3 is 2.57 bits per heavy atom. The average molecular weight is 538 g/mol. The Morgan fingerprint density at radius 1 is 1.20 bits per heavy atom. The molecule has 178 valence electrons. The highest BCUT2D eigenvalue weighted by Crippen LogP contribution is 2.38. The Kier molecular flexibility index (Phi) is 8.43. The number of carbonyl (C=O) groups excluding carboxylic acids is 1. The molecule has 3 aromatic carbocycles. The maximum Gasteiger partial charge on any atom is 0.273 e. The molecule has 0 fully saturated rings. The van der Waals surface area contributed by atoms with Crippen molar-refractivity contribution >= 4 is 39.3 Å². The van der Waals surface area contributed by atoms with Crippen LogP contribution in [-0.2, 0) is 11.4 Å². The van der Waals surface area contributed by atoms with Crippen molar-refractivity contribution in [3.05, 3.63) is 92.0 Å². The molecule has 0 unspecified atom stereocenters. The van der Waals surface area contributed by atoms with E-state index in [0.717, 1.165) is 17.7 Å². The Balaban J connectivity index is 1.85. The topological polar surface area (TPSA) is 135 Å². The molecular weight excluding hydrogens is 518 g/mol. The van der Waals surface area contributed by atoms with Gasteiger partial charge in [-0.15, -0.1) is 0 Å². The number of nitrogens with zero attached hydrogens (tertiary/aromatic N) is 2. The van der Waals surface area contributed by atoms with Gasteiger partial charge < -0.3 is 19.9 Å². The summed E-state index contributed by atoms with van der Waals surface area (Å²) in [5.74, 6) is -0.386. The largest absolute Gasteiger partial charge is 0.506 e. The number of anilines is 1. The van der Waals surface area contributed by atoms with Gasteiger partial charge in [-0.05, 0) is 58.3 Å². The van der Waals surface area contributed by atoms with Gasteiger partial charge in [0.15, 0.2) is 11.5 Å². The Bertz CT molecular complexity index is 1320. The maximum atomic E-state index is 12.6. The monoisotopic (exact) mass is 537 g/mol. The molecule has 0 aliphatic carbocycles. The third-order valence-electron chi connectivity index (χ3n) is 4.67. The van der Waals surface area contributed by atoms with Crippen molar-refractivity contribution in [2.75, 3.05) is 11.9 Å². The van der Waals surface area contributed by atoms with Crippen LogP contribution >= 0.6 is 15.9 Å². The fourth-order valence-corrected chi connectivity index (χ4v) is 3.62. The van der Waals surface area contributed by atoms with Gasteiger partial charge in [-0.2, -0.15) is 5.26 Å². The number of aromatic hydroxyl groups is 1. The highest BCUT2D eigenvalue weighted by atomic mass is 79.9. The van der Waals surface area contributed by atoms with Gasteiger partial charge in [0.25, 0.3) is 11.6 Å². The van der Waals surface area contributed by atoms with Gasteiger partial charge in [0, 0.05) is 6.07 Å². The summed E-state index contributed by atoms with van der Waals surface area (Å²) in [6, 6.07) is 18.0. The summed E-state index contributed by atoms with van der Waals surface area (Å²) in [5, 5.41) is 32.7. The van der Waals surface area contributed by atoms with Crippen molar-refractivity contribution in [1.82, 2.24) is 0 Å². The normalized spacial score (nSPS) is 10.8. The first kappa shape index (κ1) is 25.3. The molecule has 0 aliphatic heterocycles. The van der Waals surface area contributed by atoms with Crippen molar-refractivity contribution < 1.29 is 24.3 Å². The number of non-ortho nitro benzene ring substituents is 1. The van der Waals surface area contributed by atoms with Crippen molar-refractivity contribution in [2.45, 2.75) is 13.5 Å². The molecule has 0 spiro atoms. The van der Waals surface area contributed by atoms with E-state index in [1.807, 2.05) is 43.3 Å². The highest BCUT2D eigenvalue weighted by molar-refractivity contribution is 9.10. The summed E-state index contributed by atoms with van der Waals surface area (Å²) < 4.78 is 12.2. The van der Waals surface area contributed by atoms with Gasteiger partial charge in [-0.3, -0.25) is 14.9 Å². The van der Waals surface area contributed by atoms with Crippen LogP contribution in [0.1, 0.15) is 18.1 Å². The predicted molar refractivity (Wildman–Crippen MR) is 133 cm³/mol. The summed E-state index contributed by atoms with van der Waals surface area (Å²) in [6.45, 7) is 2.51. The molecule has 0 radical (unpaired) electrons. The molecule has 35 heavy (non-hydrogen) atoms. The third-order valence-corrected chi connectivity index (χ3v) is 5.26. The molecule has 0 aromatic heterocycles. The number of nitro benzene ring substituents is 1. The maximum absolute atomic E-state index is 12.6. The van der Waals surface area contributed by atoms with Crippen molar-refractivity contribution in [1.29, 1.82) is 5.26 Å². The fraction of sp³-hybridized carbons (Fsp3) is 0.120. The second-order valence-corrected chi connectivity index (χ2v) is 7.97. The highest BCUT2D eigenvalue weighted by Gasteiger charge is 2.17. The Labute approximate surface area is 209 Å². The van der Waals surface area contributed by atoms with Crippen LogP contribution in [0.15, 0.2) is 70.7 Å². The predicted octanol–water partition coefficient (Wildman–Crippen LogP) is 5.59. The lowest BCUT2D eigenvalue weighted by Gasteiger charge is -2.15. The van der Waals surface area contributed by atoms with Crippen LogP contribution < -0.4 is 14.8 Å². The number of nitriles is 1. The fourth-order valence-electron chi connectivity index (χ4n) is 3.05. The lowest BCUT2D eigenvalue weighted by atomic mass is 10.1. The number of nitrogens with one attached hydrogen (secondary N) is 1. The number of halogens is 1. The number of ether oxygens (including phenoxy) is 2. The van der Waals surface area contributed by atoms with Crippen molar-refractivity contribution in [2.24, 2.45) is 0 Å². The van der Waals surface area contributed by atoms with E-state index < -0.39 is 16.6 Å². The van der Waals surface area contributed by atoms with Gasteiger partial charge >= 0.3 is 0 Å². The quantitative estimate of drug-likeness (QED) is 0.119. The number of benzene rings is 3. The minimum absolute atomic E-state index is 0.0670. The van der Waals surface area contributed by atoms with Crippen LogP contribution in [0.2, 0.25) is 0 Å². The van der Waals surface area contributed by atoms with Crippen LogP contribution in [-0.4, -0.2) is 22.5 Å². The minimum Gasteiger partial charge on any atom is -0.506 e. The van der Waals surface area contributed by atoms with E-state index in [0.29, 0.717) is 34.7 Å². The molecule has 0 saturated carbocycles. The molecule has 0 atom stereocenters. The van der Waals surface area contributed by atoms with E-state index in [1.165, 1.54) is 12.1 Å². The second-order valence-electron chi connectivity index (χ2n) is 7.12. The standard InChI is InChI=1S/C25H20BrN3O6/c1-2-34-23-12-17(11-20(26)24(23)35-15-16-6-4-3-5-7-16)10-18(14-27)25(31)28-21-9-8-19(29(32)33)13-22(21)30/h3-13,30H,2,15H2,1H3,(H,28,31)/b18-10+. The van der Waals surface area contributed by atoms with Crippen LogP contribution in [0.25, 0.3) is 6.08 Å². The molecular formula is C25H20BrN3O6. The number of nitro groups is 1. The van der Waals surface area contributed by atoms with E-state index in [2.05, 4.69) is 21.2 Å². The minimum atomic E-state index is -0.796. The number of hydrogen-bond donors (Lipinski definition) is 2. The summed E-state index contributed by atoms with van der Waals surface area (Å²) >= 11 is 3.47. The zero-order valence-electron chi connectivity index (χ0n) is 18.5. The number of carbonyl (C=O) groups is 1. The molecule has 0 heterocycles. The van der Waals surface area contributed by atoms with E-state index in [1.54, 1.807) is 12.1 Å². The number of phenolic OH excluding ortho intramolecular Hbond substituents is 1. The Morgan fingerprint density at radius 2 is 1.94 bits per heavy atom. The van der Waals surface area contributed by atoms with Gasteiger partial charge in [0.05, 0.1) is 27.8 Å². The van der Waals surface area contributed by atoms with Gasteiger partial charge in [0.2, 0.25) is 0 Å². The average Bonchev–Trinajstić information content (AvgIpc) is 2.84. The molecule has 0 bridgehead atoms. The number of rotatable bonds is 9. The SMILES string of the molecule is CCOc1cc(/C=C(\C#N)C(=O)Nc2ccc([N+](=O)[O-])cc2O)cc(Br)c1OCc1ccccc1. The molecule has 1 amide bonds. The zero-order valence-corrected chi connectivity index (χ0v) is 20.1. The lowest BCUT2D eigenvalue weighted by Crippen LogP contribution is -2.13. The van der Waals surface area contributed by atoms with Gasteiger partial charge in [-0.1, -0.05) is 30.3 Å². The van der Waals surface area contributed by atoms with Crippen LogP contribution in [0, 0.1) is 21.4 Å². The number of amides is 1. The molecule has 3 aromatic rings. The van der Waals surface area contributed by atoms with Crippen molar-refractivity contribution in [3.63, 3.8) is 0 Å². The van der Waals surface area contributed by atoms with E-state index in [9.17, 15) is 25.3 Å². The summed E-state index contributed by atoms with van der Waals surface area (Å²) in [7, 11) is 0. The third kappa shape index (κ3) is 6.59. The molecule has 2 N–H and O–H groups in total. The smallest absolute Gasteiger partial charge is 0.273 e. The molecule has 9 nitrogen and oxygen atoms in total. The van der Waals surface area contributed by atoms with Gasteiger partial charge in [0.1, 0.15) is 24.0 Å². The zero-order chi connectivity index (χ0) is 25.4. The van der Waals surface area contributed by atoms with E-state index in [-0.39, 0.29) is 16.9 Å². The first-order valence-electron chi connectivity index (χ1n) is 10.4. The van der Waals surface area contributed by atoms with Crippen LogP contribution in [0.4, 0.5) is 11.4 Å². The van der Waals surface area contributed by atoms with E-state index >= 15 is 0 Å². The number of phenols is 1. The molecule has 3 rings (SSSR count). The summed E-state index contributed by atoms with van der Waals surface area (Å²) in [6.07, 6.45) is 1.35. The molecule has 0 saturated heterocycles. The van der Waals surface area contributed by atoms with E-state index in [4.69, 9.17) is 9.47 Å². The molecule has 10 heteroatoms. The van der Waals surface area contributed by atoms with Crippen molar-refractivity contribution in [3.8, 4) is 23.3 Å². The number of hydrogen-bond acceptors (Lipinski definition) is 7. The molecule has 0 aliphatic rings. The summed E-state index contributed by atoms with van der Waals surface area (Å²) in [5.41, 5.74) is 0.813. The lowest BCUT2D eigenvalue weighted by molar-refractivity contribution is -0.384. The van der Waals surface area contributed by atoms with Crippen LogP contribution in [0.3, 0.4) is 0 Å². The summed E-state index contributed by atoms with van der Waals surface area (Å²) in [4.78, 5) is 22.8. The van der Waals surface area contributed by atoms with Gasteiger partial charge in [-0.25, -0.2) is 0 Å². The first-order valence-corrected chi connectivity index (χ1v) is 11.1. The van der Waals surface area contributed by atoms with Crippen LogP contribution in [0.5, 0.6) is 17.2 Å². The second kappa shape index (κ2) is 11.7. The first-order chi connectivity index (χ1) is 16.8. The Hall–Kier alpha value is -4.36.